The molecule has 0 N–H and O–H groups in total. The first-order valence-electron chi connectivity index (χ1n) is 4.31. The predicted molar refractivity (Wildman–Crippen MR) is 62.6 cm³/mol. The van der Waals surface area contributed by atoms with Gasteiger partial charge in [0.2, 0.25) is 0 Å². The number of rotatable bonds is 1. The van der Waals surface area contributed by atoms with Crippen LogP contribution in [0.25, 0.3) is 0 Å². The normalized spacial score (nSPS) is 14.2. The minimum Gasteiger partial charge on any atom is -0.0843 e. The molecule has 0 fully saturated rings. The molecule has 0 heterocycles. The third-order valence-corrected chi connectivity index (χ3v) is 4.08. The topological polar surface area (TPSA) is 0 Å². The Balaban J connectivity index is 2.90. The van der Waals surface area contributed by atoms with Gasteiger partial charge < -0.3 is 0 Å². The van der Waals surface area contributed by atoms with Gasteiger partial charge in [-0.05, 0) is 23.1 Å². The number of hydrogen-bond donors (Lipinski definition) is 0. The summed E-state index contributed by atoms with van der Waals surface area (Å²) in [5.41, 5.74) is 1.50. The highest BCUT2D eigenvalue weighted by molar-refractivity contribution is 9.09. The Kier molecular flexibility index (Phi) is 3.42. The van der Waals surface area contributed by atoms with Gasteiger partial charge in [-0.25, -0.2) is 0 Å². The van der Waals surface area contributed by atoms with Crippen LogP contribution >= 0.6 is 27.5 Å². The summed E-state index contributed by atoms with van der Waals surface area (Å²) in [7, 11) is 0. The van der Waals surface area contributed by atoms with Crippen LogP contribution in [-0.4, -0.2) is 0 Å². The Bertz CT molecular complexity index is 271. The number of benzene rings is 1. The lowest BCUT2D eigenvalue weighted by molar-refractivity contribution is 0.407. The standard InChI is InChI=1S/C11H14BrCl/c1-11(2,3)10(12)8-4-6-9(13)7-5-8/h4-7,10H,1-3H3. The third kappa shape index (κ3) is 2.99. The van der Waals surface area contributed by atoms with Gasteiger partial charge >= 0.3 is 0 Å². The maximum absolute atomic E-state index is 5.82. The van der Waals surface area contributed by atoms with E-state index in [1.165, 1.54) is 5.56 Å². The maximum atomic E-state index is 5.82. The van der Waals surface area contributed by atoms with Gasteiger partial charge in [0.05, 0.1) is 0 Å². The molecule has 0 aliphatic heterocycles. The van der Waals surface area contributed by atoms with Gasteiger partial charge in [-0.1, -0.05) is 60.4 Å². The highest BCUT2D eigenvalue weighted by Crippen LogP contribution is 2.40. The largest absolute Gasteiger partial charge is 0.0843 e. The van der Waals surface area contributed by atoms with Crippen molar-refractivity contribution in [1.29, 1.82) is 0 Å². The highest BCUT2D eigenvalue weighted by Gasteiger charge is 2.22. The summed E-state index contributed by atoms with van der Waals surface area (Å²) in [6.45, 7) is 6.63. The summed E-state index contributed by atoms with van der Waals surface area (Å²) >= 11 is 9.50. The SMILES string of the molecule is CC(C)(C)C(Br)c1ccc(Cl)cc1. The smallest absolute Gasteiger partial charge is 0.0443 e. The number of halogens is 2. The van der Waals surface area contributed by atoms with Gasteiger partial charge in [-0.2, -0.15) is 0 Å². The Labute approximate surface area is 93.4 Å². The van der Waals surface area contributed by atoms with Crippen molar-refractivity contribution in [3.8, 4) is 0 Å². The summed E-state index contributed by atoms with van der Waals surface area (Å²) in [6.07, 6.45) is 0. The van der Waals surface area contributed by atoms with Gasteiger partial charge in [-0.3, -0.25) is 0 Å². The fourth-order valence-corrected chi connectivity index (χ4v) is 1.56. The molecule has 13 heavy (non-hydrogen) atoms. The molecule has 72 valence electrons. The van der Waals surface area contributed by atoms with E-state index in [1.54, 1.807) is 0 Å². The van der Waals surface area contributed by atoms with E-state index in [-0.39, 0.29) is 5.41 Å². The van der Waals surface area contributed by atoms with Gasteiger partial charge in [-0.15, -0.1) is 0 Å². The molecular formula is C11H14BrCl. The Morgan fingerprint density at radius 1 is 1.15 bits per heavy atom. The van der Waals surface area contributed by atoms with Crippen molar-refractivity contribution in [2.45, 2.75) is 25.6 Å². The number of alkyl halides is 1. The van der Waals surface area contributed by atoms with E-state index in [0.29, 0.717) is 4.83 Å². The van der Waals surface area contributed by atoms with E-state index in [0.717, 1.165) is 5.02 Å². The van der Waals surface area contributed by atoms with Crippen molar-refractivity contribution in [3.05, 3.63) is 34.9 Å². The lowest BCUT2D eigenvalue weighted by Gasteiger charge is -2.25. The minimum atomic E-state index is 0.230. The second-order valence-corrected chi connectivity index (χ2v) is 5.63. The molecule has 0 amide bonds. The molecule has 0 radical (unpaired) electrons. The van der Waals surface area contributed by atoms with Crippen LogP contribution in [-0.2, 0) is 0 Å². The zero-order chi connectivity index (χ0) is 10.1. The van der Waals surface area contributed by atoms with Crippen LogP contribution in [0.1, 0.15) is 31.2 Å². The van der Waals surface area contributed by atoms with Gasteiger partial charge in [0.25, 0.3) is 0 Å². The summed E-state index contributed by atoms with van der Waals surface area (Å²) in [6, 6.07) is 7.98. The summed E-state index contributed by atoms with van der Waals surface area (Å²) < 4.78 is 0. The Morgan fingerprint density at radius 2 is 1.62 bits per heavy atom. The van der Waals surface area contributed by atoms with Gasteiger partial charge in [0.15, 0.2) is 0 Å². The lowest BCUT2D eigenvalue weighted by Crippen LogP contribution is -2.12. The molecule has 0 nitrogen and oxygen atoms in total. The molecule has 1 aromatic carbocycles. The summed E-state index contributed by atoms with van der Waals surface area (Å²) in [4.78, 5) is 0.372. The van der Waals surface area contributed by atoms with Crippen molar-refractivity contribution in [3.63, 3.8) is 0 Å². The van der Waals surface area contributed by atoms with Crippen LogP contribution in [0.15, 0.2) is 24.3 Å². The van der Waals surface area contributed by atoms with Crippen molar-refractivity contribution in [2.75, 3.05) is 0 Å². The quantitative estimate of drug-likeness (QED) is 0.636. The van der Waals surface area contributed by atoms with Crippen molar-refractivity contribution in [1.82, 2.24) is 0 Å². The second kappa shape index (κ2) is 4.02. The molecular weight excluding hydrogens is 247 g/mol. The summed E-state index contributed by atoms with van der Waals surface area (Å²) in [5.74, 6) is 0. The van der Waals surface area contributed by atoms with Gasteiger partial charge in [0.1, 0.15) is 0 Å². The van der Waals surface area contributed by atoms with Crippen molar-refractivity contribution >= 4 is 27.5 Å². The molecule has 0 aliphatic carbocycles. The Hall–Kier alpha value is -0.0100. The average Bonchev–Trinajstić information content (AvgIpc) is 2.03. The average molecular weight is 262 g/mol. The van der Waals surface area contributed by atoms with Crippen LogP contribution in [0.4, 0.5) is 0 Å². The highest BCUT2D eigenvalue weighted by atomic mass is 79.9. The van der Waals surface area contributed by atoms with Crippen LogP contribution in [0.2, 0.25) is 5.02 Å². The summed E-state index contributed by atoms with van der Waals surface area (Å²) in [5, 5.41) is 0.789. The van der Waals surface area contributed by atoms with E-state index in [2.05, 4.69) is 48.8 Å². The third-order valence-electron chi connectivity index (χ3n) is 1.92. The first-order valence-corrected chi connectivity index (χ1v) is 5.60. The van der Waals surface area contributed by atoms with Crippen LogP contribution in [0, 0.1) is 5.41 Å². The molecule has 1 aromatic rings. The molecule has 0 bridgehead atoms. The van der Waals surface area contributed by atoms with Crippen LogP contribution in [0.5, 0.6) is 0 Å². The van der Waals surface area contributed by atoms with E-state index < -0.39 is 0 Å². The molecule has 0 spiro atoms. The zero-order valence-electron chi connectivity index (χ0n) is 8.14. The van der Waals surface area contributed by atoms with Crippen LogP contribution < -0.4 is 0 Å². The molecule has 1 unspecified atom stereocenters. The molecule has 2 heteroatoms. The maximum Gasteiger partial charge on any atom is 0.0443 e. The molecule has 1 rings (SSSR count). The fraction of sp³-hybridized carbons (Fsp3) is 0.455. The predicted octanol–water partition coefficient (Wildman–Crippen LogP) is 4.82. The molecule has 1 atom stereocenters. The van der Waals surface area contributed by atoms with Gasteiger partial charge in [0, 0.05) is 9.85 Å². The second-order valence-electron chi connectivity index (χ2n) is 4.28. The van der Waals surface area contributed by atoms with Crippen LogP contribution in [0.3, 0.4) is 0 Å². The zero-order valence-corrected chi connectivity index (χ0v) is 10.5. The van der Waals surface area contributed by atoms with E-state index >= 15 is 0 Å². The molecule has 0 saturated carbocycles. The number of hydrogen-bond acceptors (Lipinski definition) is 0. The van der Waals surface area contributed by atoms with Crippen molar-refractivity contribution in [2.24, 2.45) is 5.41 Å². The monoisotopic (exact) mass is 260 g/mol. The molecule has 0 aromatic heterocycles. The lowest BCUT2D eigenvalue weighted by atomic mass is 9.88. The van der Waals surface area contributed by atoms with Crippen molar-refractivity contribution < 1.29 is 0 Å². The Morgan fingerprint density at radius 3 is 2.00 bits per heavy atom. The van der Waals surface area contributed by atoms with E-state index in [1.807, 2.05) is 12.1 Å². The molecule has 0 aliphatic rings. The fourth-order valence-electron chi connectivity index (χ4n) is 1.13. The first-order chi connectivity index (χ1) is 5.91. The minimum absolute atomic E-state index is 0.230. The van der Waals surface area contributed by atoms with E-state index in [9.17, 15) is 0 Å². The molecule has 0 saturated heterocycles. The van der Waals surface area contributed by atoms with E-state index in [4.69, 9.17) is 11.6 Å². The first kappa shape index (κ1) is 11.1.